The number of ether oxygens (including phenoxy) is 1. The topological polar surface area (TPSA) is 128 Å². The number of pyridine rings is 1. The average molecular weight is 657 g/mol. The van der Waals surface area contributed by atoms with E-state index in [2.05, 4.69) is 18.1 Å². The van der Waals surface area contributed by atoms with Crippen LogP contribution < -0.4 is 25.4 Å². The van der Waals surface area contributed by atoms with Gasteiger partial charge in [-0.05, 0) is 49.6 Å². The van der Waals surface area contributed by atoms with Crippen LogP contribution in [0.3, 0.4) is 0 Å². The molecule has 46 heavy (non-hydrogen) atoms. The fraction of sp³-hybridized carbons (Fsp3) is 0.419. The lowest BCUT2D eigenvalue weighted by atomic mass is 10.1. The molecule has 2 saturated heterocycles. The predicted octanol–water partition coefficient (Wildman–Crippen LogP) is 4.23. The first kappa shape index (κ1) is 31.5. The molecule has 244 valence electrons. The molecule has 3 amide bonds. The summed E-state index contributed by atoms with van der Waals surface area (Å²) in [4.78, 5) is 54.1. The van der Waals surface area contributed by atoms with Gasteiger partial charge in [-0.3, -0.25) is 14.0 Å². The molecule has 1 aromatic heterocycles. The lowest BCUT2D eigenvalue weighted by molar-refractivity contribution is 0.0694. The fourth-order valence-corrected chi connectivity index (χ4v) is 6.20. The molecule has 3 heterocycles. The second-order valence-corrected chi connectivity index (χ2v) is 12.2. The average Bonchev–Trinajstić information content (AvgIpc) is 3.81. The van der Waals surface area contributed by atoms with Gasteiger partial charge >= 0.3 is 18.1 Å². The number of piperazine rings is 1. The number of carboxylic acids is 1. The third kappa shape index (κ3) is 6.15. The minimum absolute atomic E-state index is 0.0301. The van der Waals surface area contributed by atoms with E-state index in [4.69, 9.17) is 4.74 Å². The number of thiol groups is 1. The van der Waals surface area contributed by atoms with Gasteiger partial charge in [0.15, 0.2) is 0 Å². The van der Waals surface area contributed by atoms with Gasteiger partial charge in [0, 0.05) is 50.3 Å². The van der Waals surface area contributed by atoms with Crippen LogP contribution in [0.5, 0.6) is 0 Å². The van der Waals surface area contributed by atoms with Gasteiger partial charge in [-0.2, -0.15) is 0 Å². The smallest absolute Gasteiger partial charge is 0.414 e. The zero-order valence-corrected chi connectivity index (χ0v) is 26.0. The van der Waals surface area contributed by atoms with Gasteiger partial charge < -0.3 is 29.5 Å². The SMILES string of the molecule is CCCNC(=O)N(S)CC1CN(c2ccc(N3CCN(c4cc5c(cc4F)c(=O)c(C(=O)O)cn5C4CC4)CC3)c(F)c2)C(=O)O1. The van der Waals surface area contributed by atoms with Crippen LogP contribution >= 0.6 is 12.8 Å². The number of aromatic nitrogens is 1. The number of aromatic carboxylic acids is 1. The number of rotatable bonds is 9. The Morgan fingerprint density at radius 3 is 2.35 bits per heavy atom. The van der Waals surface area contributed by atoms with Gasteiger partial charge in [0.05, 0.1) is 35.7 Å². The third-order valence-corrected chi connectivity index (χ3v) is 8.83. The first-order chi connectivity index (χ1) is 22.0. The van der Waals surface area contributed by atoms with E-state index in [0.717, 1.165) is 29.6 Å². The molecule has 0 bridgehead atoms. The number of hydrogen-bond acceptors (Lipinski definition) is 8. The van der Waals surface area contributed by atoms with Gasteiger partial charge in [0.25, 0.3) is 0 Å². The molecule has 0 spiro atoms. The van der Waals surface area contributed by atoms with Gasteiger partial charge in [-0.15, -0.1) is 0 Å². The molecule has 2 aliphatic heterocycles. The largest absolute Gasteiger partial charge is 0.477 e. The van der Waals surface area contributed by atoms with E-state index in [1.807, 2.05) is 16.7 Å². The highest BCUT2D eigenvalue weighted by molar-refractivity contribution is 7.78. The van der Waals surface area contributed by atoms with Crippen LogP contribution in [-0.2, 0) is 4.74 Å². The molecule has 1 aliphatic carbocycles. The highest BCUT2D eigenvalue weighted by Crippen LogP contribution is 2.38. The van der Waals surface area contributed by atoms with Crippen molar-refractivity contribution < 1.29 is 33.0 Å². The summed E-state index contributed by atoms with van der Waals surface area (Å²) in [7, 11) is 0. The fourth-order valence-electron chi connectivity index (χ4n) is 5.94. The number of carbonyl (C=O) groups excluding carboxylic acids is 2. The van der Waals surface area contributed by atoms with Crippen molar-refractivity contribution in [3.8, 4) is 0 Å². The highest BCUT2D eigenvalue weighted by atomic mass is 32.1. The maximum atomic E-state index is 15.4. The summed E-state index contributed by atoms with van der Waals surface area (Å²) >= 11 is 4.18. The Hall–Kier alpha value is -4.53. The predicted molar refractivity (Wildman–Crippen MR) is 171 cm³/mol. The van der Waals surface area contributed by atoms with E-state index in [9.17, 15) is 24.3 Å². The standard InChI is InChI=1S/C31H34F2N6O6S/c1-2-7-34-30(43)39(46)16-20-15-38(31(44)45-20)19-5-6-25(23(32)12-19)35-8-10-36(11-9-35)27-14-26-21(13-24(27)33)28(40)22(29(41)42)17-37(26)18-3-4-18/h5-6,12-14,17-18,20,46H,2-4,7-11,15-16H2,1H3,(H,34,43)(H,41,42). The van der Waals surface area contributed by atoms with Crippen LogP contribution in [-0.4, -0.2) is 84.0 Å². The molecule has 1 saturated carbocycles. The first-order valence-electron chi connectivity index (χ1n) is 15.2. The number of halogens is 2. The molecule has 3 aromatic rings. The molecule has 1 unspecified atom stereocenters. The van der Waals surface area contributed by atoms with E-state index in [1.54, 1.807) is 22.8 Å². The molecule has 6 rings (SSSR count). The monoisotopic (exact) mass is 656 g/mol. The lowest BCUT2D eigenvalue weighted by Gasteiger charge is -2.37. The normalized spacial score (nSPS) is 18.2. The van der Waals surface area contributed by atoms with Crippen LogP contribution in [0.2, 0.25) is 0 Å². The zero-order valence-electron chi connectivity index (χ0n) is 25.1. The van der Waals surface area contributed by atoms with Crippen LogP contribution in [0.25, 0.3) is 10.9 Å². The number of hydrogen-bond donors (Lipinski definition) is 3. The van der Waals surface area contributed by atoms with E-state index in [1.165, 1.54) is 17.2 Å². The number of amides is 3. The minimum atomic E-state index is -1.35. The summed E-state index contributed by atoms with van der Waals surface area (Å²) in [6, 6.07) is 6.88. The van der Waals surface area contributed by atoms with Gasteiger partial charge in [-0.1, -0.05) is 19.7 Å². The second-order valence-electron chi connectivity index (χ2n) is 11.7. The summed E-state index contributed by atoms with van der Waals surface area (Å²) in [5.74, 6) is -2.51. The highest BCUT2D eigenvalue weighted by Gasteiger charge is 2.35. The van der Waals surface area contributed by atoms with Crippen molar-refractivity contribution in [3.63, 3.8) is 0 Å². The van der Waals surface area contributed by atoms with Crippen molar-refractivity contribution in [3.05, 3.63) is 63.9 Å². The number of urea groups is 1. The van der Waals surface area contributed by atoms with Crippen molar-refractivity contribution in [2.24, 2.45) is 0 Å². The van der Waals surface area contributed by atoms with Crippen LogP contribution in [0.4, 0.5) is 35.4 Å². The molecule has 15 heteroatoms. The Bertz CT molecular complexity index is 1760. The number of nitrogens with zero attached hydrogens (tertiary/aromatic N) is 5. The van der Waals surface area contributed by atoms with Gasteiger partial charge in [-0.25, -0.2) is 23.2 Å². The number of carboxylic acid groups (broad SMARTS) is 1. The van der Waals surface area contributed by atoms with E-state index < -0.39 is 41.3 Å². The maximum absolute atomic E-state index is 15.4. The lowest BCUT2D eigenvalue weighted by Crippen LogP contribution is -2.47. The third-order valence-electron chi connectivity index (χ3n) is 8.49. The van der Waals surface area contributed by atoms with E-state index in [0.29, 0.717) is 55.3 Å². The quantitative estimate of drug-likeness (QED) is 0.292. The molecule has 3 aliphatic rings. The number of anilines is 3. The molecule has 0 radical (unpaired) electrons. The molecular formula is C31H34F2N6O6S. The number of nitrogens with one attached hydrogen (secondary N) is 1. The van der Waals surface area contributed by atoms with Crippen molar-refractivity contribution >= 4 is 58.9 Å². The Morgan fingerprint density at radius 1 is 1.04 bits per heavy atom. The summed E-state index contributed by atoms with van der Waals surface area (Å²) < 4.78 is 39.1. The Kier molecular flexibility index (Phi) is 8.68. The summed E-state index contributed by atoms with van der Waals surface area (Å²) in [6.07, 6.45) is 2.52. The van der Waals surface area contributed by atoms with Crippen molar-refractivity contribution in [1.82, 2.24) is 14.2 Å². The van der Waals surface area contributed by atoms with E-state index in [-0.39, 0.29) is 30.1 Å². The van der Waals surface area contributed by atoms with Crippen molar-refractivity contribution in [1.29, 1.82) is 0 Å². The summed E-state index contributed by atoms with van der Waals surface area (Å²) in [5, 5.41) is 12.2. The first-order valence-corrected chi connectivity index (χ1v) is 15.6. The van der Waals surface area contributed by atoms with Crippen molar-refractivity contribution in [2.75, 3.05) is 60.5 Å². The molecule has 2 aromatic carbocycles. The summed E-state index contributed by atoms with van der Waals surface area (Å²) in [6.45, 7) is 4.11. The van der Waals surface area contributed by atoms with E-state index >= 15 is 8.78 Å². The number of benzene rings is 2. The van der Waals surface area contributed by atoms with Crippen LogP contribution in [0.1, 0.15) is 42.6 Å². The zero-order chi connectivity index (χ0) is 32.7. The Morgan fingerprint density at radius 2 is 1.72 bits per heavy atom. The maximum Gasteiger partial charge on any atom is 0.414 e. The number of fused-ring (bicyclic) bond motifs is 1. The number of carbonyl (C=O) groups is 3. The van der Waals surface area contributed by atoms with Gasteiger partial charge in [0.2, 0.25) is 5.43 Å². The Balaban J connectivity index is 1.13. The minimum Gasteiger partial charge on any atom is -0.477 e. The molecule has 1 atom stereocenters. The number of cyclic esters (lactones) is 1. The molecule has 3 fully saturated rings. The second kappa shape index (κ2) is 12.7. The van der Waals surface area contributed by atoms with Crippen LogP contribution in [0.15, 0.2) is 41.3 Å². The van der Waals surface area contributed by atoms with Crippen molar-refractivity contribution in [2.45, 2.75) is 38.3 Å². The Labute approximate surface area is 268 Å². The molecular weight excluding hydrogens is 622 g/mol. The summed E-state index contributed by atoms with van der Waals surface area (Å²) in [5.41, 5.74) is 0.339. The van der Waals surface area contributed by atoms with Gasteiger partial charge in [0.1, 0.15) is 23.3 Å². The molecule has 2 N–H and O–H groups in total. The molecule has 12 nitrogen and oxygen atoms in total. The van der Waals surface area contributed by atoms with Crippen LogP contribution in [0, 0.1) is 11.6 Å².